The Labute approximate surface area is 120 Å². The Bertz CT molecular complexity index is 551. The summed E-state index contributed by atoms with van der Waals surface area (Å²) >= 11 is 3.54. The first kappa shape index (κ1) is 12.7. The molecule has 19 heavy (non-hydrogen) atoms. The molecule has 4 heteroatoms. The van der Waals surface area contributed by atoms with Gasteiger partial charge in [0.15, 0.2) is 0 Å². The molecule has 0 spiro atoms. The average molecular weight is 323 g/mol. The lowest BCUT2D eigenvalue weighted by atomic mass is 9.95. The van der Waals surface area contributed by atoms with Crippen molar-refractivity contribution >= 4 is 21.9 Å². The number of carboxylic acids is 1. The molecular formula is C15H15BrO3. The number of aliphatic carboxylic acids is 1. The molecule has 1 heterocycles. The molecule has 2 atom stereocenters. The zero-order valence-electron chi connectivity index (χ0n) is 10.4. The molecule has 1 aromatic rings. The van der Waals surface area contributed by atoms with Crippen molar-refractivity contribution in [1.82, 2.24) is 0 Å². The maximum atomic E-state index is 10.6. The van der Waals surface area contributed by atoms with E-state index >= 15 is 0 Å². The number of carboxylic acid groups (broad SMARTS) is 1. The van der Waals surface area contributed by atoms with Gasteiger partial charge in [0.25, 0.3) is 0 Å². The normalized spacial score (nSPS) is 23.0. The highest BCUT2D eigenvalue weighted by atomic mass is 79.9. The van der Waals surface area contributed by atoms with Crippen molar-refractivity contribution in [2.45, 2.75) is 37.7 Å². The summed E-state index contributed by atoms with van der Waals surface area (Å²) in [7, 11) is 0. The number of benzene rings is 1. The van der Waals surface area contributed by atoms with Crippen LogP contribution in [0.25, 0.3) is 0 Å². The number of carbonyl (C=O) groups is 1. The van der Waals surface area contributed by atoms with E-state index in [1.807, 2.05) is 6.07 Å². The predicted molar refractivity (Wildman–Crippen MR) is 75.6 cm³/mol. The standard InChI is InChI=1S/C15H15BrO3/c16-10-7-9(3-1-6-14(17)18)15-12(8-10)11-4-2-5-13(11)19-15/h2,4,7-8,11,13H,1,3,5-6H2,(H,17,18)/t11-,13-/m1/s1. The zero-order chi connectivity index (χ0) is 13.4. The number of aryl methyl sites for hydroxylation is 1. The molecule has 3 rings (SSSR count). The summed E-state index contributed by atoms with van der Waals surface area (Å²) in [5, 5.41) is 8.72. The van der Waals surface area contributed by atoms with Crippen molar-refractivity contribution in [3.05, 3.63) is 39.9 Å². The van der Waals surface area contributed by atoms with E-state index in [0.717, 1.165) is 28.6 Å². The van der Waals surface area contributed by atoms with Gasteiger partial charge in [0, 0.05) is 28.8 Å². The lowest BCUT2D eigenvalue weighted by molar-refractivity contribution is -0.137. The molecule has 0 unspecified atom stereocenters. The molecule has 3 nitrogen and oxygen atoms in total. The summed E-state index contributed by atoms with van der Waals surface area (Å²) < 4.78 is 7.09. The molecule has 2 aliphatic rings. The molecule has 0 saturated heterocycles. The van der Waals surface area contributed by atoms with Gasteiger partial charge in [-0.05, 0) is 30.5 Å². The Morgan fingerprint density at radius 1 is 1.47 bits per heavy atom. The van der Waals surface area contributed by atoms with Crippen LogP contribution in [0.3, 0.4) is 0 Å². The first-order chi connectivity index (χ1) is 9.15. The molecule has 0 radical (unpaired) electrons. The second-order valence-electron chi connectivity index (χ2n) is 5.08. The largest absolute Gasteiger partial charge is 0.489 e. The Kier molecular flexibility index (Phi) is 3.35. The smallest absolute Gasteiger partial charge is 0.303 e. The van der Waals surface area contributed by atoms with E-state index in [9.17, 15) is 4.79 Å². The van der Waals surface area contributed by atoms with Gasteiger partial charge in [-0.3, -0.25) is 4.79 Å². The van der Waals surface area contributed by atoms with Crippen LogP contribution in [0.5, 0.6) is 5.75 Å². The highest BCUT2D eigenvalue weighted by molar-refractivity contribution is 9.10. The Morgan fingerprint density at radius 3 is 3.11 bits per heavy atom. The van der Waals surface area contributed by atoms with Gasteiger partial charge < -0.3 is 9.84 Å². The summed E-state index contributed by atoms with van der Waals surface area (Å²) in [6.07, 6.45) is 7.18. The van der Waals surface area contributed by atoms with Crippen LogP contribution in [-0.4, -0.2) is 17.2 Å². The van der Waals surface area contributed by atoms with Crippen molar-refractivity contribution in [1.29, 1.82) is 0 Å². The van der Waals surface area contributed by atoms with E-state index < -0.39 is 5.97 Å². The molecule has 0 amide bonds. The summed E-state index contributed by atoms with van der Waals surface area (Å²) in [6, 6.07) is 4.17. The average Bonchev–Trinajstić information content (AvgIpc) is 2.90. The van der Waals surface area contributed by atoms with Gasteiger partial charge in [-0.25, -0.2) is 0 Å². The van der Waals surface area contributed by atoms with Gasteiger partial charge >= 0.3 is 5.97 Å². The highest BCUT2D eigenvalue weighted by Gasteiger charge is 2.36. The molecule has 0 aromatic heterocycles. The van der Waals surface area contributed by atoms with Crippen molar-refractivity contribution in [3.8, 4) is 5.75 Å². The fourth-order valence-electron chi connectivity index (χ4n) is 2.89. The van der Waals surface area contributed by atoms with E-state index in [2.05, 4.69) is 34.1 Å². The summed E-state index contributed by atoms with van der Waals surface area (Å²) in [5.74, 6) is 0.603. The van der Waals surface area contributed by atoms with Gasteiger partial charge in [0.1, 0.15) is 11.9 Å². The molecular weight excluding hydrogens is 308 g/mol. The van der Waals surface area contributed by atoms with E-state index in [1.165, 1.54) is 5.56 Å². The number of fused-ring (bicyclic) bond motifs is 3. The molecule has 100 valence electrons. The first-order valence-electron chi connectivity index (χ1n) is 6.52. The molecule has 1 N–H and O–H groups in total. The van der Waals surface area contributed by atoms with Crippen LogP contribution in [-0.2, 0) is 11.2 Å². The highest BCUT2D eigenvalue weighted by Crippen LogP contribution is 2.46. The molecule has 0 fully saturated rings. The van der Waals surface area contributed by atoms with Gasteiger partial charge in [-0.15, -0.1) is 0 Å². The Balaban J connectivity index is 1.85. The van der Waals surface area contributed by atoms with E-state index in [1.54, 1.807) is 0 Å². The van der Waals surface area contributed by atoms with Crippen LogP contribution in [0, 0.1) is 0 Å². The van der Waals surface area contributed by atoms with Gasteiger partial charge in [-0.1, -0.05) is 28.1 Å². The molecule has 1 aliphatic carbocycles. The summed E-state index contributed by atoms with van der Waals surface area (Å²) in [4.78, 5) is 10.6. The SMILES string of the molecule is O=C(O)CCCc1cc(Br)cc2c1O[C@@H]1CC=C[C@H]21. The maximum Gasteiger partial charge on any atom is 0.303 e. The third kappa shape index (κ3) is 2.41. The van der Waals surface area contributed by atoms with Crippen LogP contribution >= 0.6 is 15.9 Å². The fourth-order valence-corrected chi connectivity index (χ4v) is 3.41. The van der Waals surface area contributed by atoms with E-state index in [-0.39, 0.29) is 12.5 Å². The number of rotatable bonds is 4. The van der Waals surface area contributed by atoms with Crippen LogP contribution in [0.15, 0.2) is 28.8 Å². The first-order valence-corrected chi connectivity index (χ1v) is 7.32. The number of hydrogen-bond donors (Lipinski definition) is 1. The quantitative estimate of drug-likeness (QED) is 0.860. The minimum Gasteiger partial charge on any atom is -0.489 e. The molecule has 0 saturated carbocycles. The van der Waals surface area contributed by atoms with Crippen molar-refractivity contribution in [2.24, 2.45) is 0 Å². The molecule has 1 aromatic carbocycles. The van der Waals surface area contributed by atoms with Crippen LogP contribution < -0.4 is 4.74 Å². The maximum absolute atomic E-state index is 10.6. The van der Waals surface area contributed by atoms with E-state index in [4.69, 9.17) is 9.84 Å². The minimum absolute atomic E-state index is 0.202. The van der Waals surface area contributed by atoms with Crippen LogP contribution in [0.1, 0.15) is 36.3 Å². The number of hydrogen-bond acceptors (Lipinski definition) is 2. The summed E-state index contributed by atoms with van der Waals surface area (Å²) in [5.41, 5.74) is 2.35. The fraction of sp³-hybridized carbons (Fsp3) is 0.400. The minimum atomic E-state index is -0.743. The second-order valence-corrected chi connectivity index (χ2v) is 5.99. The van der Waals surface area contributed by atoms with Crippen LogP contribution in [0.2, 0.25) is 0 Å². The number of halogens is 1. The van der Waals surface area contributed by atoms with E-state index in [0.29, 0.717) is 12.3 Å². The Morgan fingerprint density at radius 2 is 2.32 bits per heavy atom. The topological polar surface area (TPSA) is 46.5 Å². The lowest BCUT2D eigenvalue weighted by Crippen LogP contribution is -2.11. The lowest BCUT2D eigenvalue weighted by Gasteiger charge is -2.10. The zero-order valence-corrected chi connectivity index (χ0v) is 12.0. The van der Waals surface area contributed by atoms with Gasteiger partial charge in [0.05, 0.1) is 0 Å². The molecule has 0 bridgehead atoms. The monoisotopic (exact) mass is 322 g/mol. The summed E-state index contributed by atoms with van der Waals surface area (Å²) in [6.45, 7) is 0. The third-order valence-electron chi connectivity index (χ3n) is 3.74. The van der Waals surface area contributed by atoms with Gasteiger partial charge in [0.2, 0.25) is 0 Å². The number of ether oxygens (including phenoxy) is 1. The van der Waals surface area contributed by atoms with Crippen molar-refractivity contribution in [2.75, 3.05) is 0 Å². The van der Waals surface area contributed by atoms with Crippen LogP contribution in [0.4, 0.5) is 0 Å². The van der Waals surface area contributed by atoms with Crippen molar-refractivity contribution < 1.29 is 14.6 Å². The Hall–Kier alpha value is -1.29. The van der Waals surface area contributed by atoms with Gasteiger partial charge in [-0.2, -0.15) is 0 Å². The van der Waals surface area contributed by atoms with Crippen molar-refractivity contribution in [3.63, 3.8) is 0 Å². The molecule has 1 aliphatic heterocycles. The third-order valence-corrected chi connectivity index (χ3v) is 4.19. The second kappa shape index (κ2) is 5.00. The predicted octanol–water partition coefficient (Wildman–Crippen LogP) is 3.66.